The molecule has 2 saturated heterocycles. The molecule has 4 N–H and O–H groups in total. The summed E-state index contributed by atoms with van der Waals surface area (Å²) in [6, 6.07) is 0. The zero-order chi connectivity index (χ0) is 26.6. The molecule has 0 radical (unpaired) electrons. The summed E-state index contributed by atoms with van der Waals surface area (Å²) in [5.41, 5.74) is 9.83. The molecule has 37 heavy (non-hydrogen) atoms. The number of nitrogens with two attached hydrogens (primary N) is 2. The Balaban J connectivity index is 1.50. The lowest BCUT2D eigenvalue weighted by Gasteiger charge is -2.38. The number of carbonyl (C=O) groups is 1. The molecule has 0 aromatic carbocycles. The van der Waals surface area contributed by atoms with Crippen molar-refractivity contribution in [1.29, 1.82) is 0 Å². The summed E-state index contributed by atoms with van der Waals surface area (Å²) >= 11 is 0. The maximum atomic E-state index is 13.4. The minimum Gasteiger partial charge on any atom is -0.378 e. The number of hydrogen-bond acceptors (Lipinski definition) is 10. The van der Waals surface area contributed by atoms with Gasteiger partial charge in [-0.05, 0) is 26.7 Å². The van der Waals surface area contributed by atoms with Gasteiger partial charge in [0.15, 0.2) is 5.54 Å². The van der Waals surface area contributed by atoms with Gasteiger partial charge in [0.2, 0.25) is 11.9 Å². The molecule has 0 bridgehead atoms. The molecule has 1 amide bonds. The van der Waals surface area contributed by atoms with Crippen LogP contribution in [0, 0.1) is 0 Å². The Bertz CT molecular complexity index is 1190. The fourth-order valence-electron chi connectivity index (χ4n) is 5.16. The van der Waals surface area contributed by atoms with E-state index < -0.39 is 23.2 Å². The van der Waals surface area contributed by atoms with Crippen molar-refractivity contribution < 1.29 is 22.7 Å². The predicted octanol–water partition coefficient (Wildman–Crippen LogP) is 0.986. The number of alkyl halides is 3. The number of morpholine rings is 1. The molecule has 14 heteroatoms. The number of amides is 1. The number of nitrogen functional groups attached to an aromatic ring is 1. The first kappa shape index (κ1) is 25.4. The number of rotatable bonds is 4. The van der Waals surface area contributed by atoms with E-state index in [0.717, 1.165) is 12.5 Å². The molecule has 3 aliphatic rings. The van der Waals surface area contributed by atoms with Crippen molar-refractivity contribution >= 4 is 23.6 Å². The second-order valence-electron chi connectivity index (χ2n) is 10.2. The van der Waals surface area contributed by atoms with Crippen LogP contribution in [0.2, 0.25) is 0 Å². The van der Waals surface area contributed by atoms with Gasteiger partial charge in [0.05, 0.1) is 24.4 Å². The summed E-state index contributed by atoms with van der Waals surface area (Å²) < 4.78 is 45.8. The Kier molecular flexibility index (Phi) is 6.14. The number of ether oxygens (including phenoxy) is 1. The van der Waals surface area contributed by atoms with Crippen LogP contribution in [0.3, 0.4) is 0 Å². The minimum absolute atomic E-state index is 0.103. The van der Waals surface area contributed by atoms with Crippen LogP contribution in [0.15, 0.2) is 12.4 Å². The molecule has 2 fully saturated rings. The quantitative estimate of drug-likeness (QED) is 0.599. The lowest BCUT2D eigenvalue weighted by atomic mass is 9.98. The molecule has 5 rings (SSSR count). The van der Waals surface area contributed by atoms with Crippen LogP contribution >= 0.6 is 0 Å². The highest BCUT2D eigenvalue weighted by atomic mass is 19.4. The van der Waals surface area contributed by atoms with Crippen molar-refractivity contribution in [3.63, 3.8) is 0 Å². The number of fused-ring (bicyclic) bond motifs is 1. The number of anilines is 3. The van der Waals surface area contributed by atoms with E-state index in [2.05, 4.69) is 14.9 Å². The van der Waals surface area contributed by atoms with Gasteiger partial charge in [-0.15, -0.1) is 0 Å². The maximum Gasteiger partial charge on any atom is 0.415 e. The number of halogens is 3. The van der Waals surface area contributed by atoms with E-state index in [1.165, 1.54) is 4.90 Å². The number of hydrogen-bond donors (Lipinski definition) is 2. The monoisotopic (exact) mass is 521 g/mol. The molecule has 2 aromatic rings. The van der Waals surface area contributed by atoms with E-state index in [-0.39, 0.29) is 19.0 Å². The molecule has 0 spiro atoms. The molecule has 5 heterocycles. The van der Waals surface area contributed by atoms with Gasteiger partial charge in [-0.2, -0.15) is 18.2 Å². The van der Waals surface area contributed by atoms with Crippen molar-refractivity contribution in [3.8, 4) is 11.3 Å². The van der Waals surface area contributed by atoms with Crippen LogP contribution in [0.25, 0.3) is 11.3 Å². The predicted molar refractivity (Wildman–Crippen MR) is 130 cm³/mol. The van der Waals surface area contributed by atoms with E-state index in [0.29, 0.717) is 68.7 Å². The van der Waals surface area contributed by atoms with Gasteiger partial charge in [-0.25, -0.2) is 15.0 Å². The molecule has 3 aliphatic heterocycles. The lowest BCUT2D eigenvalue weighted by molar-refractivity contribution is -0.193. The van der Waals surface area contributed by atoms with Crippen LogP contribution in [-0.4, -0.2) is 93.9 Å². The van der Waals surface area contributed by atoms with Crippen molar-refractivity contribution in [2.75, 3.05) is 61.5 Å². The van der Waals surface area contributed by atoms with E-state index in [9.17, 15) is 18.0 Å². The summed E-state index contributed by atoms with van der Waals surface area (Å²) in [7, 11) is 0. The lowest BCUT2D eigenvalue weighted by Crippen LogP contribution is -2.62. The fourth-order valence-corrected chi connectivity index (χ4v) is 5.16. The van der Waals surface area contributed by atoms with E-state index in [4.69, 9.17) is 26.2 Å². The SMILES string of the molecule is C[C@]1(N2CCc3c(-c4cnc(N)nc4)nc(N4CCOCC4)nc32)CCN(C(=O)[C@@](C)(N)C(F)(F)F)C1. The van der Waals surface area contributed by atoms with Gasteiger partial charge in [0, 0.05) is 56.2 Å². The van der Waals surface area contributed by atoms with Gasteiger partial charge in [-0.3, -0.25) is 4.79 Å². The Morgan fingerprint density at radius 2 is 1.78 bits per heavy atom. The largest absolute Gasteiger partial charge is 0.415 e. The van der Waals surface area contributed by atoms with Crippen molar-refractivity contribution in [2.45, 2.75) is 43.9 Å². The zero-order valence-corrected chi connectivity index (χ0v) is 20.8. The summed E-state index contributed by atoms with van der Waals surface area (Å²) in [4.78, 5) is 36.1. The Morgan fingerprint density at radius 1 is 1.11 bits per heavy atom. The standard InChI is InChI=1S/C23H30F3N9O2/c1-21(4-6-34(13-21)18(36)22(2,28)23(24,25)26)35-5-3-15-16(14-11-29-19(27)30-12-14)31-20(32-17(15)35)33-7-9-37-10-8-33/h11-12H,3-10,13,28H2,1-2H3,(H2,27,29,30)/t21-,22+/m0/s1. The molecule has 11 nitrogen and oxygen atoms in total. The molecule has 0 unspecified atom stereocenters. The van der Waals surface area contributed by atoms with E-state index in [1.54, 1.807) is 12.4 Å². The third-order valence-electron chi connectivity index (χ3n) is 7.48. The van der Waals surface area contributed by atoms with Crippen molar-refractivity contribution in [2.24, 2.45) is 5.73 Å². The molecular formula is C23H30F3N9O2. The smallest absolute Gasteiger partial charge is 0.378 e. The number of carbonyl (C=O) groups excluding carboxylic acids is 1. The summed E-state index contributed by atoms with van der Waals surface area (Å²) in [5, 5.41) is 0. The highest BCUT2D eigenvalue weighted by Crippen LogP contribution is 2.42. The molecular weight excluding hydrogens is 491 g/mol. The van der Waals surface area contributed by atoms with E-state index in [1.807, 2.05) is 11.8 Å². The first-order chi connectivity index (χ1) is 17.4. The normalized spacial score (nSPS) is 23.8. The Labute approximate surface area is 212 Å². The highest BCUT2D eigenvalue weighted by molar-refractivity contribution is 5.87. The fraction of sp³-hybridized carbons (Fsp3) is 0.609. The summed E-state index contributed by atoms with van der Waals surface area (Å²) in [6.45, 7) is 5.88. The highest BCUT2D eigenvalue weighted by Gasteiger charge is 2.57. The van der Waals surface area contributed by atoms with Gasteiger partial charge < -0.3 is 30.9 Å². The number of nitrogens with zero attached hydrogens (tertiary/aromatic N) is 7. The molecule has 2 aromatic heterocycles. The van der Waals surface area contributed by atoms with Crippen molar-refractivity contribution in [1.82, 2.24) is 24.8 Å². The van der Waals surface area contributed by atoms with Crippen LogP contribution in [0.1, 0.15) is 25.8 Å². The minimum atomic E-state index is -4.85. The Hall–Kier alpha value is -3.26. The van der Waals surface area contributed by atoms with Gasteiger partial charge in [-0.1, -0.05) is 0 Å². The number of likely N-dealkylation sites (tertiary alicyclic amines) is 1. The van der Waals surface area contributed by atoms with Gasteiger partial charge in [0.1, 0.15) is 5.82 Å². The molecule has 200 valence electrons. The molecule has 0 aliphatic carbocycles. The van der Waals surface area contributed by atoms with Crippen LogP contribution in [0.4, 0.5) is 30.9 Å². The second kappa shape index (κ2) is 8.94. The van der Waals surface area contributed by atoms with Crippen LogP contribution in [0.5, 0.6) is 0 Å². The van der Waals surface area contributed by atoms with Crippen molar-refractivity contribution in [3.05, 3.63) is 18.0 Å². The third-order valence-corrected chi connectivity index (χ3v) is 7.48. The maximum absolute atomic E-state index is 13.4. The topological polar surface area (TPSA) is 140 Å². The first-order valence-corrected chi connectivity index (χ1v) is 12.1. The van der Waals surface area contributed by atoms with Gasteiger partial charge >= 0.3 is 6.18 Å². The average Bonchev–Trinajstić information content (AvgIpc) is 3.48. The third kappa shape index (κ3) is 4.41. The Morgan fingerprint density at radius 3 is 2.43 bits per heavy atom. The summed E-state index contributed by atoms with van der Waals surface area (Å²) in [5.74, 6) is 0.256. The first-order valence-electron chi connectivity index (χ1n) is 12.1. The number of aromatic nitrogens is 4. The molecule has 0 saturated carbocycles. The summed E-state index contributed by atoms with van der Waals surface area (Å²) in [6.07, 6.45) is -0.511. The van der Waals surface area contributed by atoms with Crippen LogP contribution in [-0.2, 0) is 16.0 Å². The molecule has 2 atom stereocenters. The van der Waals surface area contributed by atoms with Crippen LogP contribution < -0.4 is 21.3 Å². The zero-order valence-electron chi connectivity index (χ0n) is 20.8. The second-order valence-corrected chi connectivity index (χ2v) is 10.2. The van der Waals surface area contributed by atoms with Gasteiger partial charge in [0.25, 0.3) is 5.91 Å². The van der Waals surface area contributed by atoms with E-state index >= 15 is 0 Å². The average molecular weight is 522 g/mol.